The molecule has 0 aromatic heterocycles. The van der Waals surface area contributed by atoms with Crippen molar-refractivity contribution in [2.75, 3.05) is 31.1 Å². The molecule has 104 valence electrons. The lowest BCUT2D eigenvalue weighted by Gasteiger charge is -2.19. The molecule has 1 fully saturated rings. The van der Waals surface area contributed by atoms with Crippen molar-refractivity contribution in [3.05, 3.63) is 24.3 Å². The number of hydrogen-bond donors (Lipinski definition) is 0. The van der Waals surface area contributed by atoms with Gasteiger partial charge in [0.1, 0.15) is 5.75 Å². The third-order valence-electron chi connectivity index (χ3n) is 3.53. The lowest BCUT2D eigenvalue weighted by atomic mass is 10.3. The van der Waals surface area contributed by atoms with Crippen LogP contribution in [-0.2, 0) is 0 Å². The van der Waals surface area contributed by atoms with Crippen molar-refractivity contribution in [2.45, 2.75) is 26.7 Å². The van der Waals surface area contributed by atoms with Gasteiger partial charge >= 0.3 is 6.09 Å². The monoisotopic (exact) mass is 262 g/mol. The fraction of sp³-hybridized carbons (Fsp3) is 0.533. The van der Waals surface area contributed by atoms with E-state index in [1.807, 2.05) is 38.1 Å². The fourth-order valence-corrected chi connectivity index (χ4v) is 2.35. The highest BCUT2D eigenvalue weighted by Crippen LogP contribution is 2.23. The standard InChI is InChI=1S/C15H22N2O2/c1-3-16(4-2)15(18)19-14-9-7-13(8-10-14)17-11-5-6-12-17/h7-10H,3-6,11-12H2,1-2H3. The summed E-state index contributed by atoms with van der Waals surface area (Å²) in [5, 5.41) is 0. The van der Waals surface area contributed by atoms with Gasteiger partial charge < -0.3 is 14.5 Å². The molecule has 1 aliphatic rings. The molecule has 0 bridgehead atoms. The van der Waals surface area contributed by atoms with Crippen molar-refractivity contribution in [1.29, 1.82) is 0 Å². The lowest BCUT2D eigenvalue weighted by Crippen LogP contribution is -2.33. The Labute approximate surface area is 115 Å². The number of carbonyl (C=O) groups excluding carboxylic acids is 1. The predicted molar refractivity (Wildman–Crippen MR) is 76.8 cm³/mol. The molecule has 1 heterocycles. The first-order chi connectivity index (χ1) is 9.24. The number of amides is 1. The van der Waals surface area contributed by atoms with Gasteiger partial charge in [-0.2, -0.15) is 0 Å². The van der Waals surface area contributed by atoms with E-state index in [-0.39, 0.29) is 6.09 Å². The van der Waals surface area contributed by atoms with Gasteiger partial charge in [0.15, 0.2) is 0 Å². The van der Waals surface area contributed by atoms with Crippen molar-refractivity contribution < 1.29 is 9.53 Å². The molecule has 1 saturated heterocycles. The molecule has 2 rings (SSSR count). The number of nitrogens with zero attached hydrogens (tertiary/aromatic N) is 2. The first kappa shape index (κ1) is 13.7. The number of carbonyl (C=O) groups is 1. The molecule has 1 aromatic carbocycles. The van der Waals surface area contributed by atoms with Crippen molar-refractivity contribution in [3.63, 3.8) is 0 Å². The molecule has 1 amide bonds. The van der Waals surface area contributed by atoms with Crippen molar-refractivity contribution >= 4 is 11.8 Å². The quantitative estimate of drug-likeness (QED) is 0.835. The molecular weight excluding hydrogens is 240 g/mol. The average Bonchev–Trinajstić information content (AvgIpc) is 2.95. The Morgan fingerprint density at radius 1 is 1.16 bits per heavy atom. The molecular formula is C15H22N2O2. The predicted octanol–water partition coefficient (Wildman–Crippen LogP) is 3.13. The smallest absolute Gasteiger partial charge is 0.410 e. The van der Waals surface area contributed by atoms with E-state index in [9.17, 15) is 4.79 Å². The van der Waals surface area contributed by atoms with Gasteiger partial charge in [-0.25, -0.2) is 4.79 Å². The van der Waals surface area contributed by atoms with Gasteiger partial charge in [-0.05, 0) is 51.0 Å². The highest BCUT2D eigenvalue weighted by molar-refractivity contribution is 5.70. The van der Waals surface area contributed by atoms with Crippen LogP contribution in [0.2, 0.25) is 0 Å². The maximum atomic E-state index is 11.8. The minimum absolute atomic E-state index is 0.279. The van der Waals surface area contributed by atoms with Crippen LogP contribution in [0.4, 0.5) is 10.5 Å². The van der Waals surface area contributed by atoms with Crippen LogP contribution in [-0.4, -0.2) is 37.2 Å². The summed E-state index contributed by atoms with van der Waals surface area (Å²) in [6.45, 7) is 7.47. The third-order valence-corrected chi connectivity index (χ3v) is 3.53. The van der Waals surface area contributed by atoms with E-state index in [2.05, 4.69) is 4.90 Å². The number of ether oxygens (including phenoxy) is 1. The minimum Gasteiger partial charge on any atom is -0.410 e. The van der Waals surface area contributed by atoms with Gasteiger partial charge in [0.25, 0.3) is 0 Å². The zero-order chi connectivity index (χ0) is 13.7. The highest BCUT2D eigenvalue weighted by Gasteiger charge is 2.14. The molecule has 0 N–H and O–H groups in total. The lowest BCUT2D eigenvalue weighted by molar-refractivity contribution is 0.157. The van der Waals surface area contributed by atoms with Crippen LogP contribution >= 0.6 is 0 Å². The van der Waals surface area contributed by atoms with E-state index in [1.165, 1.54) is 18.5 Å². The van der Waals surface area contributed by atoms with Crippen LogP contribution < -0.4 is 9.64 Å². The topological polar surface area (TPSA) is 32.8 Å². The number of anilines is 1. The summed E-state index contributed by atoms with van der Waals surface area (Å²) >= 11 is 0. The zero-order valence-electron chi connectivity index (χ0n) is 11.8. The Balaban J connectivity index is 1.96. The maximum absolute atomic E-state index is 11.8. The first-order valence-electron chi connectivity index (χ1n) is 7.06. The highest BCUT2D eigenvalue weighted by atomic mass is 16.6. The number of rotatable bonds is 4. The van der Waals surface area contributed by atoms with Crippen molar-refractivity contribution in [1.82, 2.24) is 4.90 Å². The molecule has 4 heteroatoms. The van der Waals surface area contributed by atoms with Crippen molar-refractivity contribution in [3.8, 4) is 5.75 Å². The maximum Gasteiger partial charge on any atom is 0.415 e. The SMILES string of the molecule is CCN(CC)C(=O)Oc1ccc(N2CCCC2)cc1. The summed E-state index contributed by atoms with van der Waals surface area (Å²) in [5.74, 6) is 0.611. The Bertz CT molecular complexity index is 407. The van der Waals surface area contributed by atoms with E-state index in [0.29, 0.717) is 18.8 Å². The van der Waals surface area contributed by atoms with Crippen LogP contribution in [0.3, 0.4) is 0 Å². The first-order valence-corrected chi connectivity index (χ1v) is 7.06. The summed E-state index contributed by atoms with van der Waals surface area (Å²) in [6.07, 6.45) is 2.25. The molecule has 0 radical (unpaired) electrons. The second-order valence-corrected chi connectivity index (χ2v) is 4.73. The van der Waals surface area contributed by atoms with Crippen LogP contribution in [0.5, 0.6) is 5.75 Å². The summed E-state index contributed by atoms with van der Waals surface area (Å²) in [5.41, 5.74) is 1.21. The summed E-state index contributed by atoms with van der Waals surface area (Å²) < 4.78 is 5.34. The molecule has 0 spiro atoms. The van der Waals surface area contributed by atoms with Crippen LogP contribution in [0.15, 0.2) is 24.3 Å². The Hall–Kier alpha value is -1.71. The molecule has 0 aliphatic carbocycles. The Kier molecular flexibility index (Phi) is 4.66. The zero-order valence-corrected chi connectivity index (χ0v) is 11.8. The van der Waals surface area contributed by atoms with Crippen molar-refractivity contribution in [2.24, 2.45) is 0 Å². The minimum atomic E-state index is -0.279. The van der Waals surface area contributed by atoms with Gasteiger partial charge in [0, 0.05) is 31.9 Å². The largest absolute Gasteiger partial charge is 0.415 e. The molecule has 0 saturated carbocycles. The second kappa shape index (κ2) is 6.45. The van der Waals surface area contributed by atoms with E-state index >= 15 is 0 Å². The number of hydrogen-bond acceptors (Lipinski definition) is 3. The summed E-state index contributed by atoms with van der Waals surface area (Å²) in [4.78, 5) is 15.8. The van der Waals surface area contributed by atoms with Gasteiger partial charge in [-0.1, -0.05) is 0 Å². The summed E-state index contributed by atoms with van der Waals surface area (Å²) in [7, 11) is 0. The van der Waals surface area contributed by atoms with Crippen LogP contribution in [0.25, 0.3) is 0 Å². The second-order valence-electron chi connectivity index (χ2n) is 4.73. The third kappa shape index (κ3) is 3.40. The van der Waals surface area contributed by atoms with Gasteiger partial charge in [-0.3, -0.25) is 0 Å². The molecule has 4 nitrogen and oxygen atoms in total. The molecule has 0 unspecified atom stereocenters. The van der Waals surface area contributed by atoms with Gasteiger partial charge in [0.05, 0.1) is 0 Å². The van der Waals surface area contributed by atoms with Gasteiger partial charge in [0.2, 0.25) is 0 Å². The molecule has 19 heavy (non-hydrogen) atoms. The Morgan fingerprint density at radius 3 is 2.26 bits per heavy atom. The average molecular weight is 262 g/mol. The number of benzene rings is 1. The van der Waals surface area contributed by atoms with Gasteiger partial charge in [-0.15, -0.1) is 0 Å². The van der Waals surface area contributed by atoms with E-state index < -0.39 is 0 Å². The van der Waals surface area contributed by atoms with E-state index in [4.69, 9.17) is 4.74 Å². The fourth-order valence-electron chi connectivity index (χ4n) is 2.35. The van der Waals surface area contributed by atoms with Crippen LogP contribution in [0, 0.1) is 0 Å². The molecule has 0 atom stereocenters. The normalized spacial score (nSPS) is 14.5. The Morgan fingerprint density at radius 2 is 1.74 bits per heavy atom. The molecule has 1 aliphatic heterocycles. The van der Waals surface area contributed by atoms with Crippen LogP contribution in [0.1, 0.15) is 26.7 Å². The van der Waals surface area contributed by atoms with E-state index in [1.54, 1.807) is 4.90 Å². The summed E-state index contributed by atoms with van der Waals surface area (Å²) in [6, 6.07) is 7.79. The van der Waals surface area contributed by atoms with E-state index in [0.717, 1.165) is 13.1 Å². The molecule has 1 aromatic rings.